The Kier molecular flexibility index (Phi) is 3.49. The third-order valence-electron chi connectivity index (χ3n) is 2.43. The highest BCUT2D eigenvalue weighted by atomic mass is 16.5. The first-order chi connectivity index (χ1) is 5.77. The summed E-state index contributed by atoms with van der Waals surface area (Å²) in [4.78, 5) is 13.3. The second kappa shape index (κ2) is 4.42. The standard InChI is InChI=1S/C8H16N2O2/c1-2-10-5-3-4-7(6-10)8(11)9-12/h7,12H,2-6H2,1H3,(H,9,11)/t7-/m1/s1. The number of rotatable bonds is 2. The third-order valence-corrected chi connectivity index (χ3v) is 2.43. The minimum atomic E-state index is -0.242. The first-order valence-corrected chi connectivity index (χ1v) is 4.44. The molecule has 0 bridgehead atoms. The van der Waals surface area contributed by atoms with Gasteiger partial charge in [-0.25, -0.2) is 5.48 Å². The van der Waals surface area contributed by atoms with Crippen LogP contribution in [-0.4, -0.2) is 35.6 Å². The zero-order valence-corrected chi connectivity index (χ0v) is 7.42. The van der Waals surface area contributed by atoms with Crippen molar-refractivity contribution < 1.29 is 10.0 Å². The minimum Gasteiger partial charge on any atom is -0.303 e. The number of nitrogens with zero attached hydrogens (tertiary/aromatic N) is 1. The van der Waals surface area contributed by atoms with E-state index >= 15 is 0 Å². The maximum atomic E-state index is 11.0. The normalized spacial score (nSPS) is 25.3. The zero-order chi connectivity index (χ0) is 8.97. The van der Waals surface area contributed by atoms with Gasteiger partial charge in [0.2, 0.25) is 5.91 Å². The molecule has 1 atom stereocenters. The molecule has 70 valence electrons. The number of piperidine rings is 1. The van der Waals surface area contributed by atoms with E-state index in [1.54, 1.807) is 5.48 Å². The van der Waals surface area contributed by atoms with E-state index in [2.05, 4.69) is 11.8 Å². The molecule has 0 aromatic carbocycles. The van der Waals surface area contributed by atoms with Crippen molar-refractivity contribution in [3.63, 3.8) is 0 Å². The van der Waals surface area contributed by atoms with Crippen molar-refractivity contribution in [3.8, 4) is 0 Å². The number of carbonyl (C=O) groups is 1. The highest BCUT2D eigenvalue weighted by Gasteiger charge is 2.24. The van der Waals surface area contributed by atoms with Gasteiger partial charge in [-0.3, -0.25) is 10.0 Å². The molecule has 0 saturated carbocycles. The highest BCUT2D eigenvalue weighted by Crippen LogP contribution is 2.15. The highest BCUT2D eigenvalue weighted by molar-refractivity contribution is 5.77. The van der Waals surface area contributed by atoms with Crippen LogP contribution in [0.25, 0.3) is 0 Å². The van der Waals surface area contributed by atoms with Crippen molar-refractivity contribution in [2.24, 2.45) is 5.92 Å². The smallest absolute Gasteiger partial charge is 0.247 e. The molecule has 0 aliphatic carbocycles. The second-order valence-electron chi connectivity index (χ2n) is 3.21. The molecule has 1 aliphatic heterocycles. The Morgan fingerprint density at radius 3 is 3.08 bits per heavy atom. The molecule has 0 aromatic heterocycles. The van der Waals surface area contributed by atoms with Gasteiger partial charge in [-0.05, 0) is 25.9 Å². The number of likely N-dealkylation sites (tertiary alicyclic amines) is 1. The number of nitrogens with one attached hydrogen (secondary N) is 1. The molecule has 1 aliphatic rings. The van der Waals surface area contributed by atoms with Gasteiger partial charge in [0.05, 0.1) is 5.92 Å². The number of hydroxylamine groups is 1. The SMILES string of the molecule is CCN1CCC[C@@H](C(=O)NO)C1. The summed E-state index contributed by atoms with van der Waals surface area (Å²) < 4.78 is 0. The first kappa shape index (κ1) is 9.48. The van der Waals surface area contributed by atoms with Crippen molar-refractivity contribution in [2.45, 2.75) is 19.8 Å². The molecule has 1 saturated heterocycles. The van der Waals surface area contributed by atoms with Crippen LogP contribution in [0.3, 0.4) is 0 Å². The van der Waals surface area contributed by atoms with E-state index in [-0.39, 0.29) is 11.8 Å². The monoisotopic (exact) mass is 172 g/mol. The van der Waals surface area contributed by atoms with E-state index < -0.39 is 0 Å². The molecule has 2 N–H and O–H groups in total. The summed E-state index contributed by atoms with van der Waals surface area (Å²) in [5, 5.41) is 8.43. The van der Waals surface area contributed by atoms with Gasteiger partial charge in [0, 0.05) is 6.54 Å². The van der Waals surface area contributed by atoms with Gasteiger partial charge in [-0.1, -0.05) is 6.92 Å². The van der Waals surface area contributed by atoms with Crippen LogP contribution in [0.5, 0.6) is 0 Å². The summed E-state index contributed by atoms with van der Waals surface area (Å²) >= 11 is 0. The lowest BCUT2D eigenvalue weighted by atomic mass is 9.97. The van der Waals surface area contributed by atoms with Crippen molar-refractivity contribution in [3.05, 3.63) is 0 Å². The number of carbonyl (C=O) groups excluding carboxylic acids is 1. The fourth-order valence-electron chi connectivity index (χ4n) is 1.65. The molecular formula is C8H16N2O2. The first-order valence-electron chi connectivity index (χ1n) is 4.44. The van der Waals surface area contributed by atoms with E-state index in [9.17, 15) is 4.79 Å². The Morgan fingerprint density at radius 2 is 2.50 bits per heavy atom. The Balaban J connectivity index is 2.40. The molecule has 0 radical (unpaired) electrons. The summed E-state index contributed by atoms with van der Waals surface area (Å²) in [5.41, 5.74) is 1.71. The van der Waals surface area contributed by atoms with E-state index in [4.69, 9.17) is 5.21 Å². The predicted octanol–water partition coefficient (Wildman–Crippen LogP) is 0.224. The van der Waals surface area contributed by atoms with Crippen molar-refractivity contribution in [1.29, 1.82) is 0 Å². The van der Waals surface area contributed by atoms with Crippen LogP contribution in [0.15, 0.2) is 0 Å². The van der Waals surface area contributed by atoms with Crippen LogP contribution < -0.4 is 5.48 Å². The Hall–Kier alpha value is -0.610. The predicted molar refractivity (Wildman–Crippen MR) is 44.8 cm³/mol. The van der Waals surface area contributed by atoms with E-state index in [0.717, 1.165) is 32.5 Å². The van der Waals surface area contributed by atoms with Gasteiger partial charge in [0.25, 0.3) is 0 Å². The number of hydrogen-bond donors (Lipinski definition) is 2. The quantitative estimate of drug-likeness (QED) is 0.463. The molecule has 1 rings (SSSR count). The summed E-state index contributed by atoms with van der Waals surface area (Å²) in [7, 11) is 0. The van der Waals surface area contributed by atoms with Crippen molar-refractivity contribution in [2.75, 3.05) is 19.6 Å². The van der Waals surface area contributed by atoms with Gasteiger partial charge in [-0.2, -0.15) is 0 Å². The number of hydrogen-bond acceptors (Lipinski definition) is 3. The molecule has 0 spiro atoms. The molecule has 0 unspecified atom stereocenters. The lowest BCUT2D eigenvalue weighted by Crippen LogP contribution is -2.42. The van der Waals surface area contributed by atoms with Gasteiger partial charge in [0.15, 0.2) is 0 Å². The average Bonchev–Trinajstić information content (AvgIpc) is 2.17. The lowest BCUT2D eigenvalue weighted by Gasteiger charge is -2.30. The van der Waals surface area contributed by atoms with Gasteiger partial charge < -0.3 is 4.90 Å². The van der Waals surface area contributed by atoms with E-state index in [1.807, 2.05) is 0 Å². The van der Waals surface area contributed by atoms with Gasteiger partial charge >= 0.3 is 0 Å². The molecule has 1 amide bonds. The molecule has 12 heavy (non-hydrogen) atoms. The van der Waals surface area contributed by atoms with Crippen LogP contribution >= 0.6 is 0 Å². The fraction of sp³-hybridized carbons (Fsp3) is 0.875. The van der Waals surface area contributed by atoms with Crippen LogP contribution in [0.2, 0.25) is 0 Å². The van der Waals surface area contributed by atoms with Crippen LogP contribution in [-0.2, 0) is 4.79 Å². The summed E-state index contributed by atoms with van der Waals surface area (Å²) in [6, 6.07) is 0. The Labute approximate surface area is 72.5 Å². The summed E-state index contributed by atoms with van der Waals surface area (Å²) in [5.74, 6) is -0.267. The molecule has 0 aromatic rings. The Morgan fingerprint density at radius 1 is 1.75 bits per heavy atom. The van der Waals surface area contributed by atoms with Crippen LogP contribution in [0, 0.1) is 5.92 Å². The maximum absolute atomic E-state index is 11.0. The molecular weight excluding hydrogens is 156 g/mol. The van der Waals surface area contributed by atoms with Crippen molar-refractivity contribution in [1.82, 2.24) is 10.4 Å². The Bertz CT molecular complexity index is 161. The van der Waals surface area contributed by atoms with Crippen LogP contribution in [0.4, 0.5) is 0 Å². The second-order valence-corrected chi connectivity index (χ2v) is 3.21. The van der Waals surface area contributed by atoms with E-state index in [0.29, 0.717) is 0 Å². The third kappa shape index (κ3) is 2.19. The molecule has 4 nitrogen and oxygen atoms in total. The van der Waals surface area contributed by atoms with Crippen LogP contribution in [0.1, 0.15) is 19.8 Å². The van der Waals surface area contributed by atoms with Gasteiger partial charge in [-0.15, -0.1) is 0 Å². The summed E-state index contributed by atoms with van der Waals surface area (Å²) in [6.07, 6.45) is 1.94. The number of amides is 1. The largest absolute Gasteiger partial charge is 0.303 e. The average molecular weight is 172 g/mol. The molecule has 4 heteroatoms. The zero-order valence-electron chi connectivity index (χ0n) is 7.42. The van der Waals surface area contributed by atoms with Gasteiger partial charge in [0.1, 0.15) is 0 Å². The molecule has 1 heterocycles. The molecule has 1 fully saturated rings. The van der Waals surface area contributed by atoms with Crippen molar-refractivity contribution >= 4 is 5.91 Å². The lowest BCUT2D eigenvalue weighted by molar-refractivity contribution is -0.135. The fourth-order valence-corrected chi connectivity index (χ4v) is 1.65. The topological polar surface area (TPSA) is 52.6 Å². The van der Waals surface area contributed by atoms with E-state index in [1.165, 1.54) is 0 Å². The summed E-state index contributed by atoms with van der Waals surface area (Å²) in [6.45, 7) is 4.92. The maximum Gasteiger partial charge on any atom is 0.247 e. The minimum absolute atomic E-state index is 0.0244.